The summed E-state index contributed by atoms with van der Waals surface area (Å²) < 4.78 is 6.99. The van der Waals surface area contributed by atoms with Crippen molar-refractivity contribution in [2.45, 2.75) is 31.5 Å². The number of halogens is 1. The summed E-state index contributed by atoms with van der Waals surface area (Å²) in [5, 5.41) is 0. The Morgan fingerprint density at radius 1 is 1.50 bits per heavy atom. The summed E-state index contributed by atoms with van der Waals surface area (Å²) in [6, 6.07) is 1.94. The number of hydrogen-bond donors (Lipinski definition) is 0. The van der Waals surface area contributed by atoms with Gasteiger partial charge >= 0.3 is 0 Å². The predicted octanol–water partition coefficient (Wildman–Crippen LogP) is 2.52. The number of aromatic nitrogens is 2. The third kappa shape index (κ3) is 2.42. The maximum absolute atomic E-state index is 5.92. The largest absolute Gasteiger partial charge is 0.368 e. The van der Waals surface area contributed by atoms with E-state index >= 15 is 0 Å². The van der Waals surface area contributed by atoms with Crippen LogP contribution >= 0.6 is 22.6 Å². The average Bonchev–Trinajstić information content (AvgIpc) is 2.30. The van der Waals surface area contributed by atoms with Crippen LogP contribution in [0.4, 0.5) is 0 Å². The van der Waals surface area contributed by atoms with Gasteiger partial charge < -0.3 is 4.74 Å². The number of rotatable bonds is 2. The number of ether oxygens (including phenoxy) is 1. The fourth-order valence-electron chi connectivity index (χ4n) is 1.72. The summed E-state index contributed by atoms with van der Waals surface area (Å²) in [6.07, 6.45) is 7.47. The summed E-state index contributed by atoms with van der Waals surface area (Å²) >= 11 is 2.38. The monoisotopic (exact) mass is 304 g/mol. The van der Waals surface area contributed by atoms with Gasteiger partial charge in [-0.2, -0.15) is 0 Å². The van der Waals surface area contributed by atoms with E-state index in [1.807, 2.05) is 6.07 Å². The second-order valence-corrected chi connectivity index (χ2v) is 4.35. The Balaban J connectivity index is 2.04. The van der Waals surface area contributed by atoms with Gasteiger partial charge in [-0.05, 0) is 25.3 Å². The van der Waals surface area contributed by atoms with Crippen molar-refractivity contribution in [3.05, 3.63) is 24.3 Å². The molecule has 0 bridgehead atoms. The lowest BCUT2D eigenvalue weighted by molar-refractivity contribution is -0.0397. The van der Waals surface area contributed by atoms with Crippen molar-refractivity contribution >= 4 is 22.6 Å². The minimum absolute atomic E-state index is 0.187. The molecule has 4 heteroatoms. The quantitative estimate of drug-likeness (QED) is 0.622. The Morgan fingerprint density at radius 2 is 2.43 bits per heavy atom. The highest BCUT2D eigenvalue weighted by molar-refractivity contribution is 14.1. The Kier molecular flexibility index (Phi) is 3.69. The molecule has 3 nitrogen and oxygen atoms in total. The molecule has 0 aromatic carbocycles. The van der Waals surface area contributed by atoms with Gasteiger partial charge in [-0.25, -0.2) is 9.97 Å². The van der Waals surface area contributed by atoms with Crippen LogP contribution in [-0.4, -0.2) is 20.5 Å². The maximum Gasteiger partial charge on any atom is 0.115 e. The normalized spacial score (nSPS) is 27.5. The van der Waals surface area contributed by atoms with Gasteiger partial charge in [-0.15, -0.1) is 0 Å². The summed E-state index contributed by atoms with van der Waals surface area (Å²) in [7, 11) is 0. The summed E-state index contributed by atoms with van der Waals surface area (Å²) in [5.41, 5.74) is 1.02. The van der Waals surface area contributed by atoms with Crippen LogP contribution in [0.1, 0.15) is 31.1 Å². The number of nitrogens with zero attached hydrogens (tertiary/aromatic N) is 2. The first-order chi connectivity index (χ1) is 6.90. The van der Waals surface area contributed by atoms with Crippen LogP contribution < -0.4 is 0 Å². The van der Waals surface area contributed by atoms with E-state index in [1.165, 1.54) is 12.8 Å². The van der Waals surface area contributed by atoms with Gasteiger partial charge in [0.2, 0.25) is 0 Å². The molecule has 76 valence electrons. The maximum atomic E-state index is 5.92. The van der Waals surface area contributed by atoms with Crippen LogP contribution in [0.25, 0.3) is 0 Å². The topological polar surface area (TPSA) is 35.0 Å². The molecule has 0 N–H and O–H groups in total. The number of hydrogen-bond acceptors (Lipinski definition) is 3. The molecule has 1 aliphatic heterocycles. The van der Waals surface area contributed by atoms with Crippen LogP contribution in [0.5, 0.6) is 0 Å². The van der Waals surface area contributed by atoms with Gasteiger partial charge in [0.1, 0.15) is 6.33 Å². The molecule has 1 aliphatic rings. The van der Waals surface area contributed by atoms with E-state index in [0.717, 1.165) is 16.5 Å². The zero-order chi connectivity index (χ0) is 9.80. The smallest absolute Gasteiger partial charge is 0.115 e. The minimum Gasteiger partial charge on any atom is -0.368 e. The molecule has 14 heavy (non-hydrogen) atoms. The third-order valence-electron chi connectivity index (χ3n) is 2.46. The van der Waals surface area contributed by atoms with E-state index in [-0.39, 0.29) is 6.10 Å². The Hall–Kier alpha value is -0.230. The third-order valence-corrected chi connectivity index (χ3v) is 3.44. The van der Waals surface area contributed by atoms with Gasteiger partial charge in [0, 0.05) is 10.6 Å². The average molecular weight is 304 g/mol. The lowest BCUT2D eigenvalue weighted by Gasteiger charge is -2.28. The van der Waals surface area contributed by atoms with E-state index < -0.39 is 0 Å². The molecule has 1 aromatic rings. The van der Waals surface area contributed by atoms with Crippen LogP contribution in [0.15, 0.2) is 18.6 Å². The second-order valence-electron chi connectivity index (χ2n) is 3.47. The standard InChI is InChI=1S/C10H13IN2O/c11-6-8-2-1-3-10(14-8)9-4-5-12-7-13-9/h4-5,7-8,10H,1-3,6H2. The van der Waals surface area contributed by atoms with Crippen LogP contribution in [0.3, 0.4) is 0 Å². The van der Waals surface area contributed by atoms with Crippen molar-refractivity contribution in [3.63, 3.8) is 0 Å². The van der Waals surface area contributed by atoms with Crippen molar-refractivity contribution < 1.29 is 4.74 Å². The molecule has 2 heterocycles. The van der Waals surface area contributed by atoms with E-state index in [9.17, 15) is 0 Å². The molecular formula is C10H13IN2O. The van der Waals surface area contributed by atoms with Gasteiger partial charge in [0.25, 0.3) is 0 Å². The lowest BCUT2D eigenvalue weighted by Crippen LogP contribution is -2.23. The highest BCUT2D eigenvalue weighted by Crippen LogP contribution is 2.30. The van der Waals surface area contributed by atoms with Crippen molar-refractivity contribution in [3.8, 4) is 0 Å². The molecular weight excluding hydrogens is 291 g/mol. The molecule has 2 rings (SSSR count). The Morgan fingerprint density at radius 3 is 3.14 bits per heavy atom. The molecule has 0 spiro atoms. The van der Waals surface area contributed by atoms with Crippen molar-refractivity contribution in [2.75, 3.05) is 4.43 Å². The molecule has 2 unspecified atom stereocenters. The fraction of sp³-hybridized carbons (Fsp3) is 0.600. The molecule has 1 aromatic heterocycles. The zero-order valence-electron chi connectivity index (χ0n) is 7.90. The van der Waals surface area contributed by atoms with Crippen LogP contribution in [0.2, 0.25) is 0 Å². The van der Waals surface area contributed by atoms with E-state index in [1.54, 1.807) is 12.5 Å². The van der Waals surface area contributed by atoms with Gasteiger partial charge in [-0.1, -0.05) is 22.6 Å². The Labute approximate surface area is 97.4 Å². The fourth-order valence-corrected chi connectivity index (χ4v) is 2.37. The van der Waals surface area contributed by atoms with Gasteiger partial charge in [0.05, 0.1) is 17.9 Å². The first-order valence-electron chi connectivity index (χ1n) is 4.87. The SMILES string of the molecule is ICC1CCCC(c2ccncn2)O1. The lowest BCUT2D eigenvalue weighted by atomic mass is 10.0. The molecule has 0 aliphatic carbocycles. The van der Waals surface area contributed by atoms with E-state index in [2.05, 4.69) is 32.6 Å². The summed E-state index contributed by atoms with van der Waals surface area (Å²) in [6.45, 7) is 0. The van der Waals surface area contributed by atoms with Crippen molar-refractivity contribution in [1.29, 1.82) is 0 Å². The van der Waals surface area contributed by atoms with Crippen LogP contribution in [-0.2, 0) is 4.74 Å². The summed E-state index contributed by atoms with van der Waals surface area (Å²) in [4.78, 5) is 8.14. The molecule has 2 atom stereocenters. The van der Waals surface area contributed by atoms with E-state index in [4.69, 9.17) is 4.74 Å². The number of alkyl halides is 1. The summed E-state index contributed by atoms with van der Waals surface area (Å²) in [5.74, 6) is 0. The van der Waals surface area contributed by atoms with E-state index in [0.29, 0.717) is 6.10 Å². The highest BCUT2D eigenvalue weighted by Gasteiger charge is 2.23. The molecule has 0 saturated carbocycles. The zero-order valence-corrected chi connectivity index (χ0v) is 10.1. The minimum atomic E-state index is 0.187. The second kappa shape index (κ2) is 5.02. The molecule has 1 fully saturated rings. The highest BCUT2D eigenvalue weighted by atomic mass is 127. The van der Waals surface area contributed by atoms with Crippen LogP contribution in [0, 0.1) is 0 Å². The predicted molar refractivity (Wildman–Crippen MR) is 62.4 cm³/mol. The van der Waals surface area contributed by atoms with Crippen molar-refractivity contribution in [2.24, 2.45) is 0 Å². The molecule has 1 saturated heterocycles. The van der Waals surface area contributed by atoms with Gasteiger partial charge in [-0.3, -0.25) is 0 Å². The first kappa shape index (κ1) is 10.3. The molecule has 0 amide bonds. The molecule has 0 radical (unpaired) electrons. The van der Waals surface area contributed by atoms with Crippen molar-refractivity contribution in [1.82, 2.24) is 9.97 Å². The van der Waals surface area contributed by atoms with Gasteiger partial charge in [0.15, 0.2) is 0 Å². The first-order valence-corrected chi connectivity index (χ1v) is 6.40. The Bertz CT molecular complexity index is 281.